The van der Waals surface area contributed by atoms with E-state index in [1.54, 1.807) is 12.1 Å². The van der Waals surface area contributed by atoms with Crippen molar-refractivity contribution in [3.63, 3.8) is 0 Å². The smallest absolute Gasteiger partial charge is 0.408 e. The van der Waals surface area contributed by atoms with Crippen molar-refractivity contribution >= 4 is 12.1 Å². The fourth-order valence-corrected chi connectivity index (χ4v) is 2.30. The van der Waals surface area contributed by atoms with Crippen LogP contribution in [0.1, 0.15) is 88.3 Å². The summed E-state index contributed by atoms with van der Waals surface area (Å²) in [5, 5.41) is 2.90. The highest BCUT2D eigenvalue weighted by Gasteiger charge is 2.22. The summed E-state index contributed by atoms with van der Waals surface area (Å²) in [6.07, 6.45) is 2.44. The lowest BCUT2D eigenvalue weighted by molar-refractivity contribution is 0.0500. The average molecular weight is 366 g/mol. The van der Waals surface area contributed by atoms with Crippen molar-refractivity contribution < 1.29 is 19.1 Å². The molecule has 0 aliphatic carbocycles. The summed E-state index contributed by atoms with van der Waals surface area (Å²) in [5.74, 6) is -0.390. The van der Waals surface area contributed by atoms with Crippen molar-refractivity contribution in [2.24, 2.45) is 0 Å². The van der Waals surface area contributed by atoms with E-state index in [0.29, 0.717) is 5.56 Å². The van der Waals surface area contributed by atoms with Crippen LogP contribution in [0.3, 0.4) is 0 Å². The Bertz CT molecular complexity index is 576. The minimum atomic E-state index is -0.552. The van der Waals surface area contributed by atoms with Gasteiger partial charge in [-0.1, -0.05) is 39.7 Å². The van der Waals surface area contributed by atoms with Crippen LogP contribution in [0, 0.1) is 6.92 Å². The molecule has 0 aromatic heterocycles. The monoisotopic (exact) mass is 365 g/mol. The van der Waals surface area contributed by atoms with Crippen molar-refractivity contribution in [3.8, 4) is 0 Å². The molecule has 0 saturated carbocycles. The van der Waals surface area contributed by atoms with E-state index in [1.807, 2.05) is 40.7 Å². The Morgan fingerprint density at radius 2 is 1.73 bits per heavy atom. The predicted octanol–water partition coefficient (Wildman–Crippen LogP) is 5.56. The Kier molecular flexibility index (Phi) is 10.6. The molecule has 0 fully saturated rings. The number of methoxy groups -OCH3 is 1. The number of aryl methyl sites for hydroxylation is 1. The van der Waals surface area contributed by atoms with Crippen molar-refractivity contribution in [2.45, 2.75) is 79.4 Å². The van der Waals surface area contributed by atoms with E-state index in [4.69, 9.17) is 9.47 Å². The van der Waals surface area contributed by atoms with E-state index in [-0.39, 0.29) is 6.04 Å². The van der Waals surface area contributed by atoms with Crippen LogP contribution in [-0.4, -0.2) is 24.8 Å². The number of nitrogens with one attached hydrogen (secondary N) is 1. The molecule has 0 spiro atoms. The van der Waals surface area contributed by atoms with Gasteiger partial charge in [-0.25, -0.2) is 9.59 Å². The van der Waals surface area contributed by atoms with Crippen molar-refractivity contribution in [3.05, 3.63) is 34.9 Å². The van der Waals surface area contributed by atoms with Crippen LogP contribution in [0.25, 0.3) is 0 Å². The Hall–Kier alpha value is -2.04. The molecule has 5 nitrogen and oxygen atoms in total. The molecule has 1 amide bonds. The molecule has 148 valence electrons. The Morgan fingerprint density at radius 3 is 2.19 bits per heavy atom. The van der Waals surface area contributed by atoms with E-state index < -0.39 is 17.7 Å². The topological polar surface area (TPSA) is 64.6 Å². The van der Waals surface area contributed by atoms with Crippen LogP contribution in [0.15, 0.2) is 18.2 Å². The number of carbonyl (C=O) groups is 2. The molecule has 1 aromatic carbocycles. The molecule has 1 atom stereocenters. The summed E-state index contributed by atoms with van der Waals surface area (Å²) in [7, 11) is 1.35. The van der Waals surface area contributed by atoms with Crippen LogP contribution >= 0.6 is 0 Å². The summed E-state index contributed by atoms with van der Waals surface area (Å²) in [6.45, 7) is 13.7. The summed E-state index contributed by atoms with van der Waals surface area (Å²) in [5.41, 5.74) is 1.83. The Labute approximate surface area is 158 Å². The molecule has 1 N–H and O–H groups in total. The maximum atomic E-state index is 12.1. The van der Waals surface area contributed by atoms with Crippen LogP contribution in [0.4, 0.5) is 4.79 Å². The lowest BCUT2D eigenvalue weighted by Crippen LogP contribution is -2.35. The molecule has 0 radical (unpaired) electrons. The van der Waals surface area contributed by atoms with E-state index in [2.05, 4.69) is 19.2 Å². The van der Waals surface area contributed by atoms with Gasteiger partial charge in [-0.3, -0.25) is 0 Å². The number of alkyl carbamates (subject to hydrolysis) is 1. The van der Waals surface area contributed by atoms with Crippen LogP contribution in [0.2, 0.25) is 0 Å². The number of benzene rings is 1. The molecular weight excluding hydrogens is 330 g/mol. The fourth-order valence-electron chi connectivity index (χ4n) is 2.30. The number of rotatable bonds is 5. The normalized spacial score (nSPS) is 11.7. The number of hydrogen-bond acceptors (Lipinski definition) is 4. The van der Waals surface area contributed by atoms with Gasteiger partial charge in [-0.15, -0.1) is 0 Å². The molecule has 0 bridgehead atoms. The van der Waals surface area contributed by atoms with Gasteiger partial charge >= 0.3 is 12.1 Å². The van der Waals surface area contributed by atoms with Crippen molar-refractivity contribution in [1.29, 1.82) is 0 Å². The third-order valence-corrected chi connectivity index (χ3v) is 3.34. The zero-order chi connectivity index (χ0) is 20.3. The number of esters is 1. The Morgan fingerprint density at radius 1 is 1.15 bits per heavy atom. The second kappa shape index (κ2) is 11.6. The van der Waals surface area contributed by atoms with Gasteiger partial charge in [0.15, 0.2) is 0 Å². The van der Waals surface area contributed by atoms with Crippen molar-refractivity contribution in [1.82, 2.24) is 5.32 Å². The second-order valence-electron chi connectivity index (χ2n) is 7.26. The maximum Gasteiger partial charge on any atom is 0.408 e. The minimum absolute atomic E-state index is 0.209. The lowest BCUT2D eigenvalue weighted by atomic mass is 9.95. The van der Waals surface area contributed by atoms with Gasteiger partial charge in [-0.05, 0) is 57.4 Å². The highest BCUT2D eigenvalue weighted by molar-refractivity contribution is 5.89. The van der Waals surface area contributed by atoms with Gasteiger partial charge < -0.3 is 14.8 Å². The molecule has 1 rings (SSSR count). The van der Waals surface area contributed by atoms with E-state index in [9.17, 15) is 9.59 Å². The van der Waals surface area contributed by atoms with E-state index in [0.717, 1.165) is 24.0 Å². The molecule has 0 saturated heterocycles. The zero-order valence-corrected chi connectivity index (χ0v) is 17.6. The first-order chi connectivity index (χ1) is 12.1. The third kappa shape index (κ3) is 8.88. The Balaban J connectivity index is 0.00000194. The van der Waals surface area contributed by atoms with Gasteiger partial charge in [0.05, 0.1) is 18.7 Å². The SMILES string of the molecule is CCC.CCCC(NC(=O)OC(C)(C)C)c1cc(C(=O)OC)ccc1C. The first kappa shape index (κ1) is 24.0. The number of carbonyl (C=O) groups excluding carboxylic acids is 2. The van der Waals surface area contributed by atoms with Gasteiger partial charge in [0.1, 0.15) is 5.60 Å². The van der Waals surface area contributed by atoms with Gasteiger partial charge in [0.25, 0.3) is 0 Å². The van der Waals surface area contributed by atoms with Gasteiger partial charge in [0, 0.05) is 0 Å². The molecule has 5 heteroatoms. The molecule has 1 unspecified atom stereocenters. The molecule has 26 heavy (non-hydrogen) atoms. The minimum Gasteiger partial charge on any atom is -0.465 e. The number of amides is 1. The average Bonchev–Trinajstić information content (AvgIpc) is 2.53. The summed E-state index contributed by atoms with van der Waals surface area (Å²) in [6, 6.07) is 5.15. The van der Waals surface area contributed by atoms with Gasteiger partial charge in [0.2, 0.25) is 0 Å². The second-order valence-corrected chi connectivity index (χ2v) is 7.26. The predicted molar refractivity (Wildman–Crippen MR) is 106 cm³/mol. The third-order valence-electron chi connectivity index (χ3n) is 3.34. The molecule has 1 aromatic rings. The molecule has 0 heterocycles. The zero-order valence-electron chi connectivity index (χ0n) is 17.6. The van der Waals surface area contributed by atoms with Crippen LogP contribution in [0.5, 0.6) is 0 Å². The van der Waals surface area contributed by atoms with Crippen molar-refractivity contribution in [2.75, 3.05) is 7.11 Å². The molecule has 0 aliphatic heterocycles. The number of hydrogen-bond donors (Lipinski definition) is 1. The quantitative estimate of drug-likeness (QED) is 0.693. The van der Waals surface area contributed by atoms with E-state index >= 15 is 0 Å². The fraction of sp³-hybridized carbons (Fsp3) is 0.619. The van der Waals surface area contributed by atoms with Gasteiger partial charge in [-0.2, -0.15) is 0 Å². The first-order valence-corrected chi connectivity index (χ1v) is 9.27. The molecular formula is C21H35NO4. The number of ether oxygens (including phenoxy) is 2. The standard InChI is InChI=1S/C18H27NO4.C3H8/c1-7-8-15(19-17(21)23-18(3,4)5)14-11-13(16(20)22-6)10-9-12(14)2;1-3-2/h9-11,15H,7-8H2,1-6H3,(H,19,21);3H2,1-2H3. The summed E-state index contributed by atoms with van der Waals surface area (Å²) in [4.78, 5) is 23.8. The largest absolute Gasteiger partial charge is 0.465 e. The van der Waals surface area contributed by atoms with E-state index in [1.165, 1.54) is 13.5 Å². The lowest BCUT2D eigenvalue weighted by Gasteiger charge is -2.25. The first-order valence-electron chi connectivity index (χ1n) is 9.27. The highest BCUT2D eigenvalue weighted by atomic mass is 16.6. The summed E-state index contributed by atoms with van der Waals surface area (Å²) < 4.78 is 10.1. The van der Waals surface area contributed by atoms with Crippen LogP contribution < -0.4 is 5.32 Å². The summed E-state index contributed by atoms with van der Waals surface area (Å²) >= 11 is 0. The maximum absolute atomic E-state index is 12.1. The highest BCUT2D eigenvalue weighted by Crippen LogP contribution is 2.24. The van der Waals surface area contributed by atoms with Crippen LogP contribution in [-0.2, 0) is 9.47 Å². The molecule has 0 aliphatic rings.